The molecule has 1 rings (SSSR count). The second-order valence-corrected chi connectivity index (χ2v) is 3.37. The molecule has 0 aromatic rings. The maximum Gasteiger partial charge on any atom is 0.359 e. The molecule has 7 heteroatoms. The van der Waals surface area contributed by atoms with Crippen LogP contribution in [0.2, 0.25) is 0 Å². The van der Waals surface area contributed by atoms with Crippen molar-refractivity contribution in [1.29, 1.82) is 0 Å². The van der Waals surface area contributed by atoms with Crippen LogP contribution in [0.1, 0.15) is 6.92 Å². The summed E-state index contributed by atoms with van der Waals surface area (Å²) in [5.41, 5.74) is 2.92. The first kappa shape index (κ1) is 11.2. The summed E-state index contributed by atoms with van der Waals surface area (Å²) in [6, 6.07) is 0. The highest BCUT2D eigenvalue weighted by Crippen LogP contribution is 2.16. The summed E-state index contributed by atoms with van der Waals surface area (Å²) in [7, 11) is 0. The first-order valence-corrected chi connectivity index (χ1v) is 5.46. The van der Waals surface area contributed by atoms with Crippen molar-refractivity contribution in [3.63, 3.8) is 0 Å². The number of rotatable bonds is 3. The summed E-state index contributed by atoms with van der Waals surface area (Å²) < 4.78 is 6.34. The van der Waals surface area contributed by atoms with Crippen molar-refractivity contribution in [3.8, 4) is 0 Å². The molecule has 0 fully saturated rings. The fraction of sp³-hybridized carbons (Fsp3) is 0.429. The normalized spacial score (nSPS) is 15.5. The average Bonchev–Trinajstić information content (AvgIpc) is 2.19. The molecule has 0 radical (unpaired) electrons. The van der Waals surface area contributed by atoms with Gasteiger partial charge in [0.05, 0.1) is 6.61 Å². The lowest BCUT2D eigenvalue weighted by molar-refractivity contribution is -0.139. The Morgan fingerprint density at radius 3 is 3.14 bits per heavy atom. The maximum atomic E-state index is 11.3. The summed E-state index contributed by atoms with van der Waals surface area (Å²) in [6.07, 6.45) is 3.32. The van der Waals surface area contributed by atoms with Gasteiger partial charge in [-0.3, -0.25) is 5.43 Å². The van der Waals surface area contributed by atoms with E-state index in [-0.39, 0.29) is 10.9 Å². The summed E-state index contributed by atoms with van der Waals surface area (Å²) in [4.78, 5) is 15.2. The molecule has 5 nitrogen and oxygen atoms in total. The largest absolute Gasteiger partial charge is 0.461 e. The molecule has 1 aliphatic heterocycles. The van der Waals surface area contributed by atoms with Gasteiger partial charge >= 0.3 is 5.97 Å². The maximum absolute atomic E-state index is 11.3. The van der Waals surface area contributed by atoms with Crippen molar-refractivity contribution in [1.82, 2.24) is 9.84 Å². The number of carbonyl (C=O) groups is 1. The van der Waals surface area contributed by atoms with E-state index in [2.05, 4.69) is 10.4 Å². The zero-order valence-corrected chi connectivity index (χ0v) is 9.35. The summed E-state index contributed by atoms with van der Waals surface area (Å²) >= 11 is 7.08. The van der Waals surface area contributed by atoms with Crippen LogP contribution in [0.4, 0.5) is 0 Å². The Bertz CT molecular complexity index is 293. The van der Waals surface area contributed by atoms with Gasteiger partial charge < -0.3 is 4.74 Å². The van der Waals surface area contributed by atoms with E-state index in [9.17, 15) is 4.79 Å². The topological polar surface area (TPSA) is 53.9 Å². The second kappa shape index (κ2) is 5.11. The van der Waals surface area contributed by atoms with Gasteiger partial charge in [-0.25, -0.2) is 14.2 Å². The molecule has 0 aromatic carbocycles. The predicted molar refractivity (Wildman–Crippen MR) is 56.5 cm³/mol. The van der Waals surface area contributed by atoms with E-state index in [1.165, 1.54) is 18.3 Å². The van der Waals surface area contributed by atoms with Crippen molar-refractivity contribution in [2.24, 2.45) is 4.99 Å². The van der Waals surface area contributed by atoms with Gasteiger partial charge in [-0.1, -0.05) is 11.6 Å². The van der Waals surface area contributed by atoms with Gasteiger partial charge in [0.1, 0.15) is 6.34 Å². The lowest BCUT2D eigenvalue weighted by Gasteiger charge is -2.22. The van der Waals surface area contributed by atoms with Gasteiger partial charge in [0.2, 0.25) is 0 Å². The highest BCUT2D eigenvalue weighted by Gasteiger charge is 2.20. The van der Waals surface area contributed by atoms with Crippen molar-refractivity contribution in [2.75, 3.05) is 12.9 Å². The Morgan fingerprint density at radius 2 is 2.57 bits per heavy atom. The number of nitrogens with one attached hydrogen (secondary N) is 1. The van der Waals surface area contributed by atoms with Gasteiger partial charge in [-0.2, -0.15) is 0 Å². The van der Waals surface area contributed by atoms with Crippen LogP contribution in [0, 0.1) is 0 Å². The van der Waals surface area contributed by atoms with Crippen LogP contribution >= 0.6 is 23.5 Å². The number of carbonyl (C=O) groups excluding carboxylic acids is 1. The van der Waals surface area contributed by atoms with E-state index in [1.54, 1.807) is 11.3 Å². The zero-order chi connectivity index (χ0) is 10.6. The molecule has 1 N–H and O–H groups in total. The average molecular weight is 236 g/mol. The summed E-state index contributed by atoms with van der Waals surface area (Å²) in [5.74, 6) is -0.506. The highest BCUT2D eigenvalue weighted by atomic mass is 35.5. The summed E-state index contributed by atoms with van der Waals surface area (Å²) in [6.45, 7) is 2.03. The van der Waals surface area contributed by atoms with E-state index in [0.29, 0.717) is 6.61 Å². The SMILES string of the molecule is CCOC(=O)C1=C(Cl)N=CN(SC)N1. The molecule has 1 heterocycles. The van der Waals surface area contributed by atoms with Gasteiger partial charge in [0.25, 0.3) is 0 Å². The molecule has 78 valence electrons. The number of esters is 1. The summed E-state index contributed by atoms with van der Waals surface area (Å²) in [5, 5.41) is 0.105. The molecule has 0 amide bonds. The van der Waals surface area contributed by atoms with Crippen LogP contribution < -0.4 is 5.43 Å². The Hall–Kier alpha value is -0.880. The third-order valence-corrected chi connectivity index (χ3v) is 2.25. The van der Waals surface area contributed by atoms with E-state index < -0.39 is 5.97 Å². The minimum absolute atomic E-state index is 0.105. The standard InChI is InChI=1S/C7H10ClN3O2S/c1-3-13-7(12)5-6(8)9-4-11(10-5)14-2/h4,10H,3H2,1-2H3. The first-order valence-electron chi connectivity index (χ1n) is 3.90. The van der Waals surface area contributed by atoms with Crippen LogP contribution in [0.3, 0.4) is 0 Å². The van der Waals surface area contributed by atoms with Crippen molar-refractivity contribution < 1.29 is 9.53 Å². The Morgan fingerprint density at radius 1 is 1.86 bits per heavy atom. The number of hydrogen-bond acceptors (Lipinski definition) is 6. The van der Waals surface area contributed by atoms with E-state index in [0.717, 1.165) is 0 Å². The molecule has 0 aromatic heterocycles. The molecular formula is C7H10ClN3O2S. The molecule has 0 atom stereocenters. The number of hydrazine groups is 1. The molecule has 0 aliphatic carbocycles. The molecule has 0 spiro atoms. The van der Waals surface area contributed by atoms with Crippen molar-refractivity contribution >= 4 is 35.9 Å². The molecular weight excluding hydrogens is 226 g/mol. The van der Waals surface area contributed by atoms with Gasteiger partial charge in [-0.15, -0.1) is 0 Å². The van der Waals surface area contributed by atoms with E-state index >= 15 is 0 Å². The Labute approximate surface area is 91.2 Å². The Balaban J connectivity index is 2.75. The lowest BCUT2D eigenvalue weighted by Crippen LogP contribution is -2.37. The fourth-order valence-corrected chi connectivity index (χ4v) is 1.27. The number of aliphatic imine (C=N–C) groups is 1. The molecule has 0 saturated carbocycles. The van der Waals surface area contributed by atoms with Crippen LogP contribution in [0.15, 0.2) is 15.8 Å². The van der Waals surface area contributed by atoms with E-state index in [1.807, 2.05) is 6.26 Å². The molecule has 14 heavy (non-hydrogen) atoms. The molecule has 0 bridgehead atoms. The predicted octanol–water partition coefficient (Wildman–Crippen LogP) is 1.08. The molecule has 0 saturated heterocycles. The van der Waals surface area contributed by atoms with Crippen molar-refractivity contribution in [2.45, 2.75) is 6.92 Å². The smallest absolute Gasteiger partial charge is 0.359 e. The van der Waals surface area contributed by atoms with Crippen LogP contribution in [-0.4, -0.2) is 29.6 Å². The lowest BCUT2D eigenvalue weighted by atomic mass is 10.5. The monoisotopic (exact) mass is 235 g/mol. The van der Waals surface area contributed by atoms with Gasteiger partial charge in [0, 0.05) is 6.26 Å². The third-order valence-electron chi connectivity index (χ3n) is 1.38. The molecule has 0 unspecified atom stereocenters. The fourth-order valence-electron chi connectivity index (χ4n) is 0.779. The number of ether oxygens (including phenoxy) is 1. The van der Waals surface area contributed by atoms with Gasteiger partial charge in [0.15, 0.2) is 10.9 Å². The van der Waals surface area contributed by atoms with Crippen LogP contribution in [0.5, 0.6) is 0 Å². The second-order valence-electron chi connectivity index (χ2n) is 2.25. The third kappa shape index (κ3) is 2.55. The van der Waals surface area contributed by atoms with Crippen LogP contribution in [-0.2, 0) is 9.53 Å². The first-order chi connectivity index (χ1) is 6.69. The van der Waals surface area contributed by atoms with Crippen molar-refractivity contribution in [3.05, 3.63) is 10.9 Å². The quantitative estimate of drug-likeness (QED) is 0.451. The highest BCUT2D eigenvalue weighted by molar-refractivity contribution is 7.96. The Kier molecular flexibility index (Phi) is 4.09. The number of hydrogen-bond donors (Lipinski definition) is 1. The number of nitrogens with zero attached hydrogens (tertiary/aromatic N) is 2. The zero-order valence-electron chi connectivity index (χ0n) is 7.78. The van der Waals surface area contributed by atoms with Crippen LogP contribution in [0.25, 0.3) is 0 Å². The van der Waals surface area contributed by atoms with Gasteiger partial charge in [-0.05, 0) is 18.9 Å². The number of halogens is 1. The minimum atomic E-state index is -0.506. The minimum Gasteiger partial charge on any atom is -0.461 e. The molecule has 1 aliphatic rings. The van der Waals surface area contributed by atoms with E-state index in [4.69, 9.17) is 16.3 Å².